The highest BCUT2D eigenvalue weighted by Crippen LogP contribution is 2.29. The van der Waals surface area contributed by atoms with Crippen molar-refractivity contribution < 1.29 is 18.4 Å². The number of carbonyl (C=O) groups is 1. The summed E-state index contributed by atoms with van der Waals surface area (Å²) in [5, 5.41) is 7.04. The molecule has 1 aromatic carbocycles. The molecule has 1 fully saturated rings. The summed E-state index contributed by atoms with van der Waals surface area (Å²) in [6.07, 6.45) is 3.13. The van der Waals surface area contributed by atoms with Gasteiger partial charge < -0.3 is 14.6 Å². The van der Waals surface area contributed by atoms with Crippen molar-refractivity contribution in [2.45, 2.75) is 24.8 Å². The van der Waals surface area contributed by atoms with Crippen LogP contribution in [0.25, 0.3) is 0 Å². The van der Waals surface area contributed by atoms with Crippen LogP contribution in [0.1, 0.15) is 28.9 Å². The van der Waals surface area contributed by atoms with E-state index in [9.17, 15) is 9.18 Å². The molecule has 0 radical (unpaired) electrons. The first-order valence-corrected chi connectivity index (χ1v) is 7.70. The second kappa shape index (κ2) is 6.68. The molecule has 1 aliphatic heterocycles. The van der Waals surface area contributed by atoms with E-state index in [1.165, 1.54) is 24.5 Å². The summed E-state index contributed by atoms with van der Waals surface area (Å²) in [7, 11) is 0. The molecule has 1 N–H and O–H groups in total. The first-order chi connectivity index (χ1) is 11.1. The number of halogens is 2. The predicted octanol–water partition coefficient (Wildman–Crippen LogP) is 2.99. The van der Waals surface area contributed by atoms with Crippen molar-refractivity contribution >= 4 is 17.5 Å². The molecule has 122 valence electrons. The van der Waals surface area contributed by atoms with Gasteiger partial charge in [0.05, 0.1) is 0 Å². The van der Waals surface area contributed by atoms with Crippen LogP contribution in [0.4, 0.5) is 4.39 Å². The van der Waals surface area contributed by atoms with Gasteiger partial charge in [0.15, 0.2) is 5.69 Å². The largest absolute Gasteiger partial charge is 0.381 e. The molecule has 23 heavy (non-hydrogen) atoms. The zero-order valence-corrected chi connectivity index (χ0v) is 13.1. The van der Waals surface area contributed by atoms with Gasteiger partial charge in [-0.05, 0) is 37.0 Å². The molecule has 2 aromatic rings. The number of rotatable bonds is 4. The van der Waals surface area contributed by atoms with Crippen LogP contribution in [-0.2, 0) is 11.2 Å². The normalized spacial score (nSPS) is 17.0. The minimum Gasteiger partial charge on any atom is -0.381 e. The van der Waals surface area contributed by atoms with Gasteiger partial charge in [-0.2, -0.15) is 0 Å². The molecular weight excluding hydrogens is 323 g/mol. The highest BCUT2D eigenvalue weighted by Gasteiger charge is 2.35. The molecule has 0 aliphatic carbocycles. The molecule has 2 heterocycles. The number of hydrogen-bond donors (Lipinski definition) is 1. The summed E-state index contributed by atoms with van der Waals surface area (Å²) in [5.74, 6) is -0.690. The molecule has 0 saturated carbocycles. The molecular formula is C16H16ClFN2O3. The van der Waals surface area contributed by atoms with Crippen molar-refractivity contribution in [1.29, 1.82) is 0 Å². The Labute approximate surface area is 137 Å². The summed E-state index contributed by atoms with van der Waals surface area (Å²) in [4.78, 5) is 12.3. The van der Waals surface area contributed by atoms with Crippen LogP contribution in [-0.4, -0.2) is 29.8 Å². The van der Waals surface area contributed by atoms with Gasteiger partial charge in [-0.25, -0.2) is 4.39 Å². The zero-order chi connectivity index (χ0) is 16.3. The molecule has 1 saturated heterocycles. The summed E-state index contributed by atoms with van der Waals surface area (Å²) in [6.45, 7) is 1.08. The van der Waals surface area contributed by atoms with Crippen molar-refractivity contribution in [2.24, 2.45) is 0 Å². The Bertz CT molecular complexity index is 685. The van der Waals surface area contributed by atoms with Crippen LogP contribution in [0.2, 0.25) is 5.02 Å². The van der Waals surface area contributed by atoms with Crippen LogP contribution in [0.15, 0.2) is 35.1 Å². The highest BCUT2D eigenvalue weighted by molar-refractivity contribution is 6.31. The Kier molecular flexibility index (Phi) is 4.63. The Morgan fingerprint density at radius 3 is 2.78 bits per heavy atom. The maximum atomic E-state index is 13.2. The number of ether oxygens (including phenoxy) is 1. The first kappa shape index (κ1) is 16.0. The second-order valence-corrected chi connectivity index (χ2v) is 6.05. The number of aromatic nitrogens is 1. The highest BCUT2D eigenvalue weighted by atomic mass is 35.5. The predicted molar refractivity (Wildman–Crippen MR) is 81.9 cm³/mol. The van der Waals surface area contributed by atoms with Gasteiger partial charge in [-0.1, -0.05) is 22.8 Å². The van der Waals surface area contributed by atoms with Crippen molar-refractivity contribution in [3.8, 4) is 0 Å². The van der Waals surface area contributed by atoms with Crippen LogP contribution in [0, 0.1) is 5.82 Å². The van der Waals surface area contributed by atoms with E-state index in [4.69, 9.17) is 20.9 Å². The zero-order valence-electron chi connectivity index (χ0n) is 12.4. The van der Waals surface area contributed by atoms with Gasteiger partial charge in [-0.15, -0.1) is 0 Å². The van der Waals surface area contributed by atoms with Crippen LogP contribution in [0.5, 0.6) is 0 Å². The lowest BCUT2D eigenvalue weighted by Gasteiger charge is -2.38. The van der Waals surface area contributed by atoms with Gasteiger partial charge in [0, 0.05) is 29.8 Å². The minimum atomic E-state index is -0.504. The fourth-order valence-electron chi connectivity index (χ4n) is 2.77. The summed E-state index contributed by atoms with van der Waals surface area (Å²) >= 11 is 6.14. The molecule has 1 aromatic heterocycles. The number of nitrogens with zero attached hydrogens (tertiary/aromatic N) is 1. The fourth-order valence-corrected chi connectivity index (χ4v) is 3.01. The minimum absolute atomic E-state index is 0.223. The number of benzene rings is 1. The standard InChI is InChI=1S/C16H16ClFN2O3/c17-13-9-12(18)2-1-11(13)10-16(4-7-22-8-5-16)19-15(21)14-3-6-23-20-14/h1-3,6,9H,4-5,7-8,10H2,(H,19,21). The average molecular weight is 339 g/mol. The van der Waals surface area contributed by atoms with Crippen LogP contribution >= 0.6 is 11.6 Å². The van der Waals surface area contributed by atoms with Gasteiger partial charge >= 0.3 is 0 Å². The molecule has 5 nitrogen and oxygen atoms in total. The number of nitrogens with one attached hydrogen (secondary N) is 1. The molecule has 0 bridgehead atoms. The Balaban J connectivity index is 1.83. The summed E-state index contributed by atoms with van der Waals surface area (Å²) < 4.78 is 23.3. The van der Waals surface area contributed by atoms with E-state index in [-0.39, 0.29) is 17.4 Å². The van der Waals surface area contributed by atoms with E-state index >= 15 is 0 Å². The molecule has 0 atom stereocenters. The van der Waals surface area contributed by atoms with Gasteiger partial charge in [0.1, 0.15) is 12.1 Å². The maximum Gasteiger partial charge on any atom is 0.273 e. The lowest BCUT2D eigenvalue weighted by atomic mass is 9.83. The Morgan fingerprint density at radius 2 is 2.13 bits per heavy atom. The van der Waals surface area contributed by atoms with Crippen LogP contribution in [0.3, 0.4) is 0 Å². The number of amides is 1. The van der Waals surface area contributed by atoms with Crippen molar-refractivity contribution in [3.05, 3.63) is 52.6 Å². The SMILES string of the molecule is O=C(NC1(Cc2ccc(F)cc2Cl)CCOCC1)c1ccon1. The van der Waals surface area contributed by atoms with E-state index in [0.29, 0.717) is 37.5 Å². The lowest BCUT2D eigenvalue weighted by molar-refractivity contribution is 0.0357. The summed E-state index contributed by atoms with van der Waals surface area (Å²) in [5.41, 5.74) is 0.506. The Hall–Kier alpha value is -1.92. The van der Waals surface area contributed by atoms with Crippen LogP contribution < -0.4 is 5.32 Å². The monoisotopic (exact) mass is 338 g/mol. The molecule has 1 aliphatic rings. The van der Waals surface area contributed by atoms with E-state index in [1.54, 1.807) is 6.07 Å². The topological polar surface area (TPSA) is 64.4 Å². The number of hydrogen-bond acceptors (Lipinski definition) is 4. The quantitative estimate of drug-likeness (QED) is 0.930. The van der Waals surface area contributed by atoms with E-state index in [2.05, 4.69) is 10.5 Å². The van der Waals surface area contributed by atoms with E-state index < -0.39 is 5.54 Å². The summed E-state index contributed by atoms with van der Waals surface area (Å²) in [6, 6.07) is 5.81. The molecule has 1 amide bonds. The van der Waals surface area contributed by atoms with Gasteiger partial charge in [0.25, 0.3) is 5.91 Å². The molecule has 0 spiro atoms. The first-order valence-electron chi connectivity index (χ1n) is 7.33. The molecule has 7 heteroatoms. The third-order valence-corrected chi connectivity index (χ3v) is 4.39. The molecule has 0 unspecified atom stereocenters. The van der Waals surface area contributed by atoms with Crippen molar-refractivity contribution in [3.63, 3.8) is 0 Å². The smallest absolute Gasteiger partial charge is 0.273 e. The van der Waals surface area contributed by atoms with Crippen molar-refractivity contribution in [1.82, 2.24) is 10.5 Å². The number of carbonyl (C=O) groups excluding carboxylic acids is 1. The average Bonchev–Trinajstić information content (AvgIpc) is 3.06. The van der Waals surface area contributed by atoms with Gasteiger partial charge in [-0.3, -0.25) is 4.79 Å². The van der Waals surface area contributed by atoms with Gasteiger partial charge in [0.2, 0.25) is 0 Å². The fraction of sp³-hybridized carbons (Fsp3) is 0.375. The second-order valence-electron chi connectivity index (χ2n) is 5.64. The third-order valence-electron chi connectivity index (χ3n) is 4.04. The lowest BCUT2D eigenvalue weighted by Crippen LogP contribution is -2.53. The maximum absolute atomic E-state index is 13.2. The van der Waals surface area contributed by atoms with E-state index in [0.717, 1.165) is 5.56 Å². The molecule has 3 rings (SSSR count). The van der Waals surface area contributed by atoms with Crippen molar-refractivity contribution in [2.75, 3.05) is 13.2 Å². The third kappa shape index (κ3) is 3.71. The Morgan fingerprint density at radius 1 is 1.35 bits per heavy atom. The van der Waals surface area contributed by atoms with E-state index in [1.807, 2.05) is 0 Å².